The van der Waals surface area contributed by atoms with Crippen molar-refractivity contribution in [1.29, 1.82) is 0 Å². The molecule has 2 aromatic carbocycles. The number of methoxy groups -OCH3 is 1. The monoisotopic (exact) mass is 314 g/mol. The number of hydrogen-bond acceptors (Lipinski definition) is 3. The zero-order valence-electron chi connectivity index (χ0n) is 12.8. The van der Waals surface area contributed by atoms with Crippen LogP contribution < -0.4 is 15.4 Å². The normalized spacial score (nSPS) is 9.95. The van der Waals surface area contributed by atoms with Crippen LogP contribution in [0.1, 0.15) is 21.5 Å². The summed E-state index contributed by atoms with van der Waals surface area (Å²) in [7, 11) is 1.61. The maximum Gasteiger partial charge on any atom is 0.257 e. The lowest BCUT2D eigenvalue weighted by Gasteiger charge is -2.15. The van der Waals surface area contributed by atoms with E-state index in [2.05, 4.69) is 10.6 Å². The fraction of sp³-hybridized carbons (Fsp3) is 0.176. The summed E-state index contributed by atoms with van der Waals surface area (Å²) in [5.41, 5.74) is 3.37. The summed E-state index contributed by atoms with van der Waals surface area (Å²) < 4.78 is 5.39. The van der Waals surface area contributed by atoms with Gasteiger partial charge < -0.3 is 10.1 Å². The molecule has 0 fully saturated rings. The predicted octanol–water partition coefficient (Wildman–Crippen LogP) is 3.44. The average molecular weight is 314 g/mol. The molecule has 114 valence electrons. The Morgan fingerprint density at radius 2 is 1.82 bits per heavy atom. The minimum absolute atomic E-state index is 0.233. The Morgan fingerprint density at radius 1 is 1.14 bits per heavy atom. The number of amides is 1. The van der Waals surface area contributed by atoms with E-state index in [1.807, 2.05) is 32.0 Å². The molecule has 0 heterocycles. The molecular weight excluding hydrogens is 296 g/mol. The highest BCUT2D eigenvalue weighted by Gasteiger charge is 2.11. The number of nitrogens with one attached hydrogen (secondary N) is 2. The molecule has 0 radical (unpaired) electrons. The van der Waals surface area contributed by atoms with Gasteiger partial charge in [0.25, 0.3) is 5.91 Å². The van der Waals surface area contributed by atoms with E-state index in [9.17, 15) is 4.79 Å². The van der Waals surface area contributed by atoms with Gasteiger partial charge in [-0.15, -0.1) is 0 Å². The zero-order valence-corrected chi connectivity index (χ0v) is 13.6. The van der Waals surface area contributed by atoms with E-state index in [4.69, 9.17) is 17.0 Å². The number of aryl methyl sites for hydroxylation is 2. The first-order chi connectivity index (χ1) is 10.5. The first kappa shape index (κ1) is 16.0. The van der Waals surface area contributed by atoms with Gasteiger partial charge in [-0.2, -0.15) is 0 Å². The van der Waals surface area contributed by atoms with Crippen molar-refractivity contribution in [2.45, 2.75) is 13.8 Å². The van der Waals surface area contributed by atoms with E-state index in [-0.39, 0.29) is 11.0 Å². The Balaban J connectivity index is 2.11. The van der Waals surface area contributed by atoms with Crippen molar-refractivity contribution < 1.29 is 9.53 Å². The van der Waals surface area contributed by atoms with Crippen LogP contribution in [0.4, 0.5) is 5.69 Å². The molecule has 2 rings (SSSR count). The quantitative estimate of drug-likeness (QED) is 0.852. The van der Waals surface area contributed by atoms with E-state index < -0.39 is 0 Å². The third kappa shape index (κ3) is 3.83. The summed E-state index contributed by atoms with van der Waals surface area (Å²) in [4.78, 5) is 12.1. The van der Waals surface area contributed by atoms with Gasteiger partial charge in [-0.3, -0.25) is 10.1 Å². The van der Waals surface area contributed by atoms with Crippen LogP contribution in [0, 0.1) is 13.8 Å². The van der Waals surface area contributed by atoms with Crippen molar-refractivity contribution in [3.05, 3.63) is 59.2 Å². The van der Waals surface area contributed by atoms with Gasteiger partial charge in [0.15, 0.2) is 5.11 Å². The number of hydrogen-bond donors (Lipinski definition) is 2. The molecule has 1 amide bonds. The van der Waals surface area contributed by atoms with E-state index in [0.717, 1.165) is 16.8 Å². The minimum atomic E-state index is -0.249. The van der Waals surface area contributed by atoms with Crippen LogP contribution in [-0.4, -0.2) is 18.1 Å². The van der Waals surface area contributed by atoms with Crippen LogP contribution in [0.5, 0.6) is 5.75 Å². The minimum Gasteiger partial charge on any atom is -0.494 e. The second-order valence-electron chi connectivity index (χ2n) is 4.94. The maximum absolute atomic E-state index is 12.1. The van der Waals surface area contributed by atoms with Crippen molar-refractivity contribution in [3.8, 4) is 5.75 Å². The molecule has 0 aliphatic heterocycles. The Kier molecular flexibility index (Phi) is 5.12. The van der Waals surface area contributed by atoms with Crippen molar-refractivity contribution in [2.24, 2.45) is 0 Å². The van der Waals surface area contributed by atoms with Gasteiger partial charge in [0.05, 0.1) is 12.8 Å². The zero-order chi connectivity index (χ0) is 16.1. The summed E-state index contributed by atoms with van der Waals surface area (Å²) in [6.07, 6.45) is 0. The van der Waals surface area contributed by atoms with Gasteiger partial charge in [-0.05, 0) is 55.4 Å². The lowest BCUT2D eigenvalue weighted by molar-refractivity contribution is 0.0977. The van der Waals surface area contributed by atoms with Gasteiger partial charge in [0.2, 0.25) is 0 Å². The molecular formula is C17H18N2O2S. The summed E-state index contributed by atoms with van der Waals surface area (Å²) in [6, 6.07) is 12.9. The topological polar surface area (TPSA) is 50.4 Å². The number of thiocarbonyl (C=S) groups is 1. The number of anilines is 1. The summed E-state index contributed by atoms with van der Waals surface area (Å²) in [5.74, 6) is 0.461. The Labute approximate surface area is 135 Å². The molecule has 0 spiro atoms. The molecule has 0 saturated heterocycles. The van der Waals surface area contributed by atoms with Gasteiger partial charge in [-0.1, -0.05) is 24.3 Å². The first-order valence-corrected chi connectivity index (χ1v) is 7.24. The van der Waals surface area contributed by atoms with Gasteiger partial charge in [0, 0.05) is 5.56 Å². The lowest BCUT2D eigenvalue weighted by Crippen LogP contribution is -2.34. The van der Waals surface area contributed by atoms with E-state index >= 15 is 0 Å². The SMILES string of the molecule is COc1c(C)cc(C)cc1NC(=S)NC(=O)c1ccccc1. The van der Waals surface area contributed by atoms with Gasteiger partial charge in [-0.25, -0.2) is 0 Å². The summed E-state index contributed by atoms with van der Waals surface area (Å²) >= 11 is 5.21. The molecule has 2 aromatic rings. The number of carbonyl (C=O) groups excluding carboxylic acids is 1. The van der Waals surface area contributed by atoms with Crippen LogP contribution in [0.2, 0.25) is 0 Å². The third-order valence-electron chi connectivity index (χ3n) is 3.13. The van der Waals surface area contributed by atoms with Crippen molar-refractivity contribution >= 4 is 28.9 Å². The average Bonchev–Trinajstić information content (AvgIpc) is 2.47. The van der Waals surface area contributed by atoms with Crippen LogP contribution in [0.25, 0.3) is 0 Å². The highest BCUT2D eigenvalue weighted by molar-refractivity contribution is 7.80. The summed E-state index contributed by atoms with van der Waals surface area (Å²) in [6.45, 7) is 3.95. The third-order valence-corrected chi connectivity index (χ3v) is 3.34. The second-order valence-corrected chi connectivity index (χ2v) is 5.35. The second kappa shape index (κ2) is 7.04. The molecule has 0 aliphatic rings. The molecule has 0 aromatic heterocycles. The highest BCUT2D eigenvalue weighted by atomic mass is 32.1. The van der Waals surface area contributed by atoms with Crippen LogP contribution in [-0.2, 0) is 0 Å². The molecule has 2 N–H and O–H groups in total. The van der Waals surface area contributed by atoms with Crippen LogP contribution >= 0.6 is 12.2 Å². The largest absolute Gasteiger partial charge is 0.494 e. The fourth-order valence-corrected chi connectivity index (χ4v) is 2.44. The molecule has 0 bridgehead atoms. The molecule has 5 heteroatoms. The number of ether oxygens (including phenoxy) is 1. The predicted molar refractivity (Wildman–Crippen MR) is 92.6 cm³/mol. The van der Waals surface area contributed by atoms with Crippen LogP contribution in [0.15, 0.2) is 42.5 Å². The molecule has 0 unspecified atom stereocenters. The number of rotatable bonds is 3. The Morgan fingerprint density at radius 3 is 2.45 bits per heavy atom. The lowest BCUT2D eigenvalue weighted by atomic mass is 10.1. The fourth-order valence-electron chi connectivity index (χ4n) is 2.24. The molecule has 0 atom stereocenters. The van der Waals surface area contributed by atoms with E-state index in [1.165, 1.54) is 0 Å². The molecule has 0 saturated carbocycles. The van der Waals surface area contributed by atoms with Gasteiger partial charge in [0.1, 0.15) is 5.75 Å². The molecule has 4 nitrogen and oxygen atoms in total. The van der Waals surface area contributed by atoms with Crippen LogP contribution in [0.3, 0.4) is 0 Å². The summed E-state index contributed by atoms with van der Waals surface area (Å²) in [5, 5.41) is 5.91. The number of benzene rings is 2. The Bertz CT molecular complexity index is 699. The van der Waals surface area contributed by atoms with E-state index in [1.54, 1.807) is 31.4 Å². The van der Waals surface area contributed by atoms with Crippen molar-refractivity contribution in [3.63, 3.8) is 0 Å². The van der Waals surface area contributed by atoms with Crippen molar-refractivity contribution in [2.75, 3.05) is 12.4 Å². The Hall–Kier alpha value is -2.40. The standard InChI is InChI=1S/C17H18N2O2S/c1-11-9-12(2)15(21-3)14(10-11)18-17(22)19-16(20)13-7-5-4-6-8-13/h4-10H,1-3H3,(H2,18,19,20,22). The van der Waals surface area contributed by atoms with Gasteiger partial charge >= 0.3 is 0 Å². The maximum atomic E-state index is 12.1. The van der Waals surface area contributed by atoms with E-state index in [0.29, 0.717) is 11.3 Å². The molecule has 22 heavy (non-hydrogen) atoms. The highest BCUT2D eigenvalue weighted by Crippen LogP contribution is 2.29. The molecule has 0 aliphatic carbocycles. The number of carbonyl (C=O) groups is 1. The first-order valence-electron chi connectivity index (χ1n) is 6.84. The van der Waals surface area contributed by atoms with Crippen molar-refractivity contribution in [1.82, 2.24) is 5.32 Å². The smallest absolute Gasteiger partial charge is 0.257 e.